The summed E-state index contributed by atoms with van der Waals surface area (Å²) in [5.41, 5.74) is -0.157. The van der Waals surface area contributed by atoms with E-state index in [0.29, 0.717) is 0 Å². The fraction of sp³-hybridized carbons (Fsp3) is 0. The number of nitrogens with zero attached hydrogens (tertiary/aromatic N) is 1. The van der Waals surface area contributed by atoms with Crippen molar-refractivity contribution >= 4 is 40.4 Å². The third kappa shape index (κ3) is 3.77. The number of carbonyl (C=O) groups is 2. The Balaban J connectivity index is 1.83. The highest BCUT2D eigenvalue weighted by Gasteiger charge is 2.40. The standard InChI is InChI=1S/C22H11ClF4N2O2/c23-15-10-14(6-8-16(15)25)29-21(30)19(11-1-3-12(24)4-2-11)20(22(29)31)28-13-5-7-17(26)18(27)9-13/h1-10,28H. The summed E-state index contributed by atoms with van der Waals surface area (Å²) in [5, 5.41) is 2.34. The van der Waals surface area contributed by atoms with Gasteiger partial charge in [0.05, 0.1) is 16.3 Å². The maximum atomic E-state index is 13.6. The second-order valence-corrected chi connectivity index (χ2v) is 6.96. The van der Waals surface area contributed by atoms with Gasteiger partial charge in [0.1, 0.15) is 17.3 Å². The second kappa shape index (κ2) is 7.88. The van der Waals surface area contributed by atoms with E-state index in [1.807, 2.05) is 0 Å². The molecule has 0 saturated carbocycles. The van der Waals surface area contributed by atoms with Gasteiger partial charge in [-0.2, -0.15) is 0 Å². The van der Waals surface area contributed by atoms with Crippen molar-refractivity contribution in [1.82, 2.24) is 0 Å². The SMILES string of the molecule is O=C1C(Nc2ccc(F)c(F)c2)=C(c2ccc(F)cc2)C(=O)N1c1ccc(F)c(Cl)c1. The molecule has 9 heteroatoms. The quantitative estimate of drug-likeness (QED) is 0.437. The molecule has 0 aromatic heterocycles. The van der Waals surface area contributed by atoms with Crippen molar-refractivity contribution in [3.63, 3.8) is 0 Å². The van der Waals surface area contributed by atoms with Crippen LogP contribution in [0.25, 0.3) is 5.57 Å². The van der Waals surface area contributed by atoms with Crippen molar-refractivity contribution < 1.29 is 27.2 Å². The molecule has 4 nitrogen and oxygen atoms in total. The molecule has 0 atom stereocenters. The normalized spacial score (nSPS) is 13.9. The van der Waals surface area contributed by atoms with Gasteiger partial charge in [-0.25, -0.2) is 22.5 Å². The number of nitrogens with one attached hydrogen (secondary N) is 1. The van der Waals surface area contributed by atoms with Gasteiger partial charge in [0.15, 0.2) is 11.6 Å². The van der Waals surface area contributed by atoms with Crippen LogP contribution in [-0.2, 0) is 9.59 Å². The van der Waals surface area contributed by atoms with Gasteiger partial charge in [-0.3, -0.25) is 9.59 Å². The molecule has 0 unspecified atom stereocenters. The number of anilines is 2. The molecule has 1 N–H and O–H groups in total. The van der Waals surface area contributed by atoms with Crippen LogP contribution in [0.3, 0.4) is 0 Å². The second-order valence-electron chi connectivity index (χ2n) is 6.55. The van der Waals surface area contributed by atoms with Gasteiger partial charge < -0.3 is 5.32 Å². The molecule has 3 aromatic rings. The Morgan fingerprint density at radius 1 is 0.742 bits per heavy atom. The van der Waals surface area contributed by atoms with Crippen molar-refractivity contribution in [3.05, 3.63) is 100 Å². The van der Waals surface area contributed by atoms with Gasteiger partial charge >= 0.3 is 0 Å². The van der Waals surface area contributed by atoms with E-state index < -0.39 is 35.1 Å². The Morgan fingerprint density at radius 2 is 1.42 bits per heavy atom. The maximum Gasteiger partial charge on any atom is 0.282 e. The molecule has 1 aliphatic heterocycles. The smallest absolute Gasteiger partial charge is 0.282 e. The minimum absolute atomic E-state index is 0.00287. The molecule has 0 saturated heterocycles. The summed E-state index contributed by atoms with van der Waals surface area (Å²) >= 11 is 5.78. The fourth-order valence-electron chi connectivity index (χ4n) is 3.11. The van der Waals surface area contributed by atoms with E-state index in [9.17, 15) is 27.2 Å². The topological polar surface area (TPSA) is 49.4 Å². The van der Waals surface area contributed by atoms with Crippen LogP contribution >= 0.6 is 11.6 Å². The highest BCUT2D eigenvalue weighted by molar-refractivity contribution is 6.46. The number of benzene rings is 3. The summed E-state index contributed by atoms with van der Waals surface area (Å²) in [6.07, 6.45) is 0. The summed E-state index contributed by atoms with van der Waals surface area (Å²) in [7, 11) is 0. The summed E-state index contributed by atoms with van der Waals surface area (Å²) in [4.78, 5) is 27.0. The number of halogens is 5. The van der Waals surface area contributed by atoms with Crippen LogP contribution in [0.4, 0.5) is 28.9 Å². The molecule has 0 bridgehead atoms. The predicted molar refractivity (Wildman–Crippen MR) is 107 cm³/mol. The van der Waals surface area contributed by atoms with Crippen molar-refractivity contribution in [3.8, 4) is 0 Å². The first-order valence-electron chi connectivity index (χ1n) is 8.82. The fourth-order valence-corrected chi connectivity index (χ4v) is 3.28. The predicted octanol–water partition coefficient (Wildman–Crippen LogP) is 5.29. The lowest BCUT2D eigenvalue weighted by Crippen LogP contribution is -2.32. The van der Waals surface area contributed by atoms with Gasteiger partial charge in [-0.1, -0.05) is 23.7 Å². The number of imide groups is 1. The van der Waals surface area contributed by atoms with Gasteiger partial charge in [0, 0.05) is 11.8 Å². The highest BCUT2D eigenvalue weighted by atomic mass is 35.5. The summed E-state index contributed by atoms with van der Waals surface area (Å²) < 4.78 is 53.8. The Morgan fingerprint density at radius 3 is 2.06 bits per heavy atom. The molecular formula is C22H11ClF4N2O2. The van der Waals surface area contributed by atoms with Crippen molar-refractivity contribution in [1.29, 1.82) is 0 Å². The largest absolute Gasteiger partial charge is 0.350 e. The molecule has 3 aromatic carbocycles. The lowest BCUT2D eigenvalue weighted by Gasteiger charge is -2.16. The van der Waals surface area contributed by atoms with E-state index in [2.05, 4.69) is 5.32 Å². The number of hydrogen-bond acceptors (Lipinski definition) is 3. The van der Waals surface area contributed by atoms with Crippen LogP contribution in [0, 0.1) is 23.3 Å². The van der Waals surface area contributed by atoms with Crippen LogP contribution in [0.2, 0.25) is 5.02 Å². The molecule has 4 rings (SSSR count). The number of amides is 2. The van der Waals surface area contributed by atoms with Crippen LogP contribution in [0.5, 0.6) is 0 Å². The summed E-state index contributed by atoms with van der Waals surface area (Å²) in [5.74, 6) is -5.17. The van der Waals surface area contributed by atoms with E-state index in [1.165, 1.54) is 24.3 Å². The van der Waals surface area contributed by atoms with Gasteiger partial charge in [-0.15, -0.1) is 0 Å². The van der Waals surface area contributed by atoms with Crippen molar-refractivity contribution in [2.24, 2.45) is 0 Å². The van der Waals surface area contributed by atoms with Gasteiger partial charge in [0.25, 0.3) is 11.8 Å². The Kier molecular flexibility index (Phi) is 5.24. The average molecular weight is 447 g/mol. The van der Waals surface area contributed by atoms with Crippen molar-refractivity contribution in [2.75, 3.05) is 10.2 Å². The molecule has 0 aliphatic carbocycles. The first-order valence-corrected chi connectivity index (χ1v) is 9.20. The molecule has 156 valence electrons. The monoisotopic (exact) mass is 446 g/mol. The molecule has 31 heavy (non-hydrogen) atoms. The Bertz CT molecular complexity index is 1260. The van der Waals surface area contributed by atoms with Crippen LogP contribution in [0.15, 0.2) is 66.4 Å². The van der Waals surface area contributed by atoms with E-state index in [-0.39, 0.29) is 33.2 Å². The molecular weight excluding hydrogens is 436 g/mol. The van der Waals surface area contributed by atoms with Crippen LogP contribution in [-0.4, -0.2) is 11.8 Å². The molecule has 0 radical (unpaired) electrons. The number of hydrogen-bond donors (Lipinski definition) is 1. The third-order valence-corrected chi connectivity index (χ3v) is 4.86. The number of rotatable bonds is 4. The lowest BCUT2D eigenvalue weighted by atomic mass is 10.0. The zero-order valence-electron chi connectivity index (χ0n) is 15.4. The zero-order valence-corrected chi connectivity index (χ0v) is 16.2. The third-order valence-electron chi connectivity index (χ3n) is 4.57. The van der Waals surface area contributed by atoms with E-state index in [4.69, 9.17) is 11.6 Å². The molecule has 0 fully saturated rings. The highest BCUT2D eigenvalue weighted by Crippen LogP contribution is 2.35. The minimum Gasteiger partial charge on any atom is -0.350 e. The summed E-state index contributed by atoms with van der Waals surface area (Å²) in [6.45, 7) is 0. The Labute approximate surface area is 178 Å². The molecule has 1 aliphatic rings. The first kappa shape index (κ1) is 20.6. The van der Waals surface area contributed by atoms with Gasteiger partial charge in [-0.05, 0) is 48.0 Å². The van der Waals surface area contributed by atoms with E-state index in [1.54, 1.807) is 0 Å². The van der Waals surface area contributed by atoms with E-state index in [0.717, 1.165) is 41.3 Å². The number of carbonyl (C=O) groups excluding carboxylic acids is 2. The minimum atomic E-state index is -1.16. The average Bonchev–Trinajstić information content (AvgIpc) is 2.97. The van der Waals surface area contributed by atoms with Crippen LogP contribution < -0.4 is 10.2 Å². The van der Waals surface area contributed by atoms with Crippen LogP contribution in [0.1, 0.15) is 5.56 Å². The lowest BCUT2D eigenvalue weighted by molar-refractivity contribution is -0.120. The molecule has 1 heterocycles. The maximum absolute atomic E-state index is 13.6. The zero-order chi connectivity index (χ0) is 22.3. The Hall–Kier alpha value is -3.65. The van der Waals surface area contributed by atoms with Crippen molar-refractivity contribution in [2.45, 2.75) is 0 Å². The molecule has 2 amide bonds. The summed E-state index contributed by atoms with van der Waals surface area (Å²) in [6, 6.07) is 11.0. The van der Waals surface area contributed by atoms with Gasteiger partial charge in [0.2, 0.25) is 0 Å². The molecule has 0 spiro atoms. The first-order chi connectivity index (χ1) is 14.8. The van der Waals surface area contributed by atoms with E-state index >= 15 is 0 Å².